The zero-order chi connectivity index (χ0) is 14.8. The first-order valence-corrected chi connectivity index (χ1v) is 7.04. The molecule has 0 aliphatic carbocycles. The summed E-state index contributed by atoms with van der Waals surface area (Å²) in [5.74, 6) is -0.347. The molecule has 20 heavy (non-hydrogen) atoms. The number of hydrogen-bond donors (Lipinski definition) is 0. The summed E-state index contributed by atoms with van der Waals surface area (Å²) < 4.78 is 43.5. The molecule has 2 heterocycles. The summed E-state index contributed by atoms with van der Waals surface area (Å²) in [4.78, 5) is 17.2. The number of hydrogen-bond acceptors (Lipinski definition) is 4. The third-order valence-corrected chi connectivity index (χ3v) is 3.44. The van der Waals surface area contributed by atoms with Crippen LogP contribution in [0.3, 0.4) is 0 Å². The van der Waals surface area contributed by atoms with Gasteiger partial charge in [-0.15, -0.1) is 0 Å². The average Bonchev–Trinajstić information content (AvgIpc) is 2.46. The molecule has 1 aromatic heterocycles. The number of alkyl halides is 4. The van der Waals surface area contributed by atoms with Crippen LogP contribution in [0.4, 0.5) is 18.9 Å². The molecule has 0 atom stereocenters. The topological polar surface area (TPSA) is 42.4 Å². The monoisotopic (exact) mass is 352 g/mol. The Balaban J connectivity index is 2.44. The molecule has 1 aromatic rings. The van der Waals surface area contributed by atoms with Gasteiger partial charge in [-0.3, -0.25) is 9.78 Å². The molecule has 8 heteroatoms. The van der Waals surface area contributed by atoms with Crippen molar-refractivity contribution in [3.05, 3.63) is 23.5 Å². The van der Waals surface area contributed by atoms with Gasteiger partial charge in [0.2, 0.25) is 0 Å². The summed E-state index contributed by atoms with van der Waals surface area (Å²) in [6.45, 7) is 1.70. The summed E-state index contributed by atoms with van der Waals surface area (Å²) in [7, 11) is 0. The summed E-state index contributed by atoms with van der Waals surface area (Å²) in [5.41, 5.74) is -0.588. The summed E-state index contributed by atoms with van der Waals surface area (Å²) >= 11 is 3.01. The van der Waals surface area contributed by atoms with Crippen molar-refractivity contribution >= 4 is 27.4 Å². The Hall–Kier alpha value is -1.15. The second kappa shape index (κ2) is 6.09. The van der Waals surface area contributed by atoms with E-state index in [-0.39, 0.29) is 22.5 Å². The van der Waals surface area contributed by atoms with E-state index >= 15 is 0 Å². The lowest BCUT2D eigenvalue weighted by molar-refractivity contribution is -0.137. The van der Waals surface area contributed by atoms with Crippen molar-refractivity contribution in [3.63, 3.8) is 0 Å². The minimum Gasteiger partial charge on any atom is -0.378 e. The van der Waals surface area contributed by atoms with Crippen molar-refractivity contribution in [2.45, 2.75) is 6.18 Å². The quantitative estimate of drug-likeness (QED) is 0.619. The Kier molecular flexibility index (Phi) is 4.64. The highest BCUT2D eigenvalue weighted by molar-refractivity contribution is 9.09. The highest BCUT2D eigenvalue weighted by Crippen LogP contribution is 2.33. The molecule has 1 aliphatic rings. The van der Waals surface area contributed by atoms with Gasteiger partial charge in [-0.2, -0.15) is 13.2 Å². The van der Waals surface area contributed by atoms with E-state index in [1.54, 1.807) is 4.90 Å². The van der Waals surface area contributed by atoms with Crippen LogP contribution in [0.5, 0.6) is 0 Å². The van der Waals surface area contributed by atoms with Crippen LogP contribution < -0.4 is 4.90 Å². The summed E-state index contributed by atoms with van der Waals surface area (Å²) in [6.07, 6.45) is -3.79. The lowest BCUT2D eigenvalue weighted by Crippen LogP contribution is -2.37. The Morgan fingerprint density at radius 3 is 2.60 bits per heavy atom. The Bertz CT molecular complexity index is 502. The molecule has 0 spiro atoms. The number of nitrogens with zero attached hydrogens (tertiary/aromatic N) is 2. The molecule has 0 saturated carbocycles. The van der Waals surface area contributed by atoms with Crippen LogP contribution in [0.2, 0.25) is 0 Å². The maximum Gasteiger partial charge on any atom is 0.417 e. The molecule has 0 radical (unpaired) electrons. The minimum absolute atomic E-state index is 0.0166. The maximum absolute atomic E-state index is 12.8. The lowest BCUT2D eigenvalue weighted by Gasteiger charge is -2.30. The smallest absolute Gasteiger partial charge is 0.378 e. The van der Waals surface area contributed by atoms with Gasteiger partial charge < -0.3 is 9.64 Å². The molecule has 1 saturated heterocycles. The van der Waals surface area contributed by atoms with Crippen molar-refractivity contribution in [3.8, 4) is 0 Å². The molecule has 1 fully saturated rings. The highest BCUT2D eigenvalue weighted by Gasteiger charge is 2.33. The van der Waals surface area contributed by atoms with E-state index in [0.29, 0.717) is 32.5 Å². The number of carbonyl (C=O) groups excluding carboxylic acids is 1. The lowest BCUT2D eigenvalue weighted by atomic mass is 10.1. The van der Waals surface area contributed by atoms with Crippen molar-refractivity contribution in [2.75, 3.05) is 36.5 Å². The number of anilines is 1. The van der Waals surface area contributed by atoms with E-state index in [9.17, 15) is 18.0 Å². The van der Waals surface area contributed by atoms with Gasteiger partial charge in [0.1, 0.15) is 5.69 Å². The summed E-state index contributed by atoms with van der Waals surface area (Å²) in [5, 5.41) is 0.0166. The SMILES string of the molecule is O=C(CBr)c1ncc(C(F)(F)F)cc1N1CCOCC1. The van der Waals surface area contributed by atoms with Crippen LogP contribution in [0.1, 0.15) is 16.1 Å². The molecule has 0 aromatic carbocycles. The molecule has 0 unspecified atom stereocenters. The molecule has 4 nitrogen and oxygen atoms in total. The predicted molar refractivity (Wildman–Crippen MR) is 70.4 cm³/mol. The van der Waals surface area contributed by atoms with E-state index in [0.717, 1.165) is 6.07 Å². The van der Waals surface area contributed by atoms with Gasteiger partial charge >= 0.3 is 6.18 Å². The molecule has 110 valence electrons. The normalized spacial score (nSPS) is 16.3. The zero-order valence-corrected chi connectivity index (χ0v) is 12.0. The maximum atomic E-state index is 12.8. The first-order valence-electron chi connectivity index (χ1n) is 5.92. The van der Waals surface area contributed by atoms with E-state index < -0.39 is 11.7 Å². The Labute approximate surface area is 122 Å². The number of pyridine rings is 1. The van der Waals surface area contributed by atoms with E-state index in [2.05, 4.69) is 20.9 Å². The second-order valence-corrected chi connectivity index (χ2v) is 4.81. The van der Waals surface area contributed by atoms with E-state index in [1.165, 1.54) is 0 Å². The van der Waals surface area contributed by atoms with Gasteiger partial charge in [0.15, 0.2) is 5.78 Å². The number of aromatic nitrogens is 1. The van der Waals surface area contributed by atoms with Crippen molar-refractivity contribution in [1.82, 2.24) is 4.98 Å². The van der Waals surface area contributed by atoms with Crippen LogP contribution in [-0.2, 0) is 10.9 Å². The Morgan fingerprint density at radius 2 is 2.05 bits per heavy atom. The number of carbonyl (C=O) groups is 1. The number of ether oxygens (including phenoxy) is 1. The van der Waals surface area contributed by atoms with Crippen molar-refractivity contribution < 1.29 is 22.7 Å². The average molecular weight is 353 g/mol. The third-order valence-electron chi connectivity index (χ3n) is 2.93. The van der Waals surface area contributed by atoms with Gasteiger partial charge in [-0.25, -0.2) is 0 Å². The highest BCUT2D eigenvalue weighted by atomic mass is 79.9. The van der Waals surface area contributed by atoms with E-state index in [1.807, 2.05) is 0 Å². The van der Waals surface area contributed by atoms with Gasteiger partial charge in [0.25, 0.3) is 0 Å². The fourth-order valence-electron chi connectivity index (χ4n) is 1.93. The van der Waals surface area contributed by atoms with Gasteiger partial charge in [-0.05, 0) is 6.07 Å². The molecular formula is C12H12BrF3N2O2. The first-order chi connectivity index (χ1) is 9.43. The van der Waals surface area contributed by atoms with Crippen LogP contribution in [0.15, 0.2) is 12.3 Å². The largest absolute Gasteiger partial charge is 0.417 e. The number of ketones is 1. The van der Waals surface area contributed by atoms with Crippen LogP contribution in [-0.4, -0.2) is 42.4 Å². The third kappa shape index (κ3) is 3.29. The minimum atomic E-state index is -4.48. The fourth-order valence-corrected chi connectivity index (χ4v) is 2.20. The van der Waals surface area contributed by atoms with Crippen LogP contribution in [0, 0.1) is 0 Å². The Morgan fingerprint density at radius 1 is 1.40 bits per heavy atom. The molecule has 1 aliphatic heterocycles. The van der Waals surface area contributed by atoms with Crippen molar-refractivity contribution in [2.24, 2.45) is 0 Å². The summed E-state index contributed by atoms with van der Waals surface area (Å²) in [6, 6.07) is 0.980. The fraction of sp³-hybridized carbons (Fsp3) is 0.500. The van der Waals surface area contributed by atoms with Gasteiger partial charge in [0, 0.05) is 19.3 Å². The van der Waals surface area contributed by atoms with Crippen LogP contribution >= 0.6 is 15.9 Å². The molecule has 0 N–H and O–H groups in total. The molecular weight excluding hydrogens is 341 g/mol. The first kappa shape index (κ1) is 15.2. The number of Topliss-reactive ketones (excluding diaryl/α,β-unsaturated/α-hetero) is 1. The number of halogens is 4. The van der Waals surface area contributed by atoms with Gasteiger partial charge in [-0.1, -0.05) is 15.9 Å². The molecule has 2 rings (SSSR count). The molecule has 0 amide bonds. The standard InChI is InChI=1S/C12H12BrF3N2O2/c13-6-10(19)11-9(18-1-3-20-4-2-18)5-8(7-17-11)12(14,15)16/h5,7H,1-4,6H2. The number of morpholine rings is 1. The predicted octanol–water partition coefficient (Wildman–Crippen LogP) is 2.51. The zero-order valence-electron chi connectivity index (χ0n) is 10.4. The van der Waals surface area contributed by atoms with Gasteiger partial charge in [0.05, 0.1) is 29.8 Å². The van der Waals surface area contributed by atoms with Crippen LogP contribution in [0.25, 0.3) is 0 Å². The molecule has 0 bridgehead atoms. The second-order valence-electron chi connectivity index (χ2n) is 4.25. The van der Waals surface area contributed by atoms with E-state index in [4.69, 9.17) is 4.74 Å². The van der Waals surface area contributed by atoms with Crippen molar-refractivity contribution in [1.29, 1.82) is 0 Å². The number of rotatable bonds is 3.